The van der Waals surface area contributed by atoms with Gasteiger partial charge < -0.3 is 5.11 Å². The minimum atomic E-state index is -5.21. The summed E-state index contributed by atoms with van der Waals surface area (Å²) in [5.41, 5.74) is -3.25. The summed E-state index contributed by atoms with van der Waals surface area (Å²) in [5.74, 6) is -4.00. The summed E-state index contributed by atoms with van der Waals surface area (Å²) in [4.78, 5) is -0.689. The van der Waals surface area contributed by atoms with Gasteiger partial charge in [0.05, 0.1) is 21.7 Å². The second kappa shape index (κ2) is 9.59. The lowest BCUT2D eigenvalue weighted by molar-refractivity contribution is -0.140. The van der Waals surface area contributed by atoms with Crippen LogP contribution in [0.5, 0.6) is 0 Å². The molecule has 212 valence electrons. The molecule has 0 radical (unpaired) electrons. The van der Waals surface area contributed by atoms with Crippen LogP contribution in [0.2, 0.25) is 0 Å². The molecule has 1 atom stereocenters. The summed E-state index contributed by atoms with van der Waals surface area (Å²) in [6.07, 6.45) is -4.06. The van der Waals surface area contributed by atoms with E-state index in [9.17, 15) is 43.9 Å². The van der Waals surface area contributed by atoms with Crippen molar-refractivity contribution >= 4 is 25.7 Å². The van der Waals surface area contributed by atoms with Gasteiger partial charge in [-0.05, 0) is 69.7 Å². The summed E-state index contributed by atoms with van der Waals surface area (Å²) >= 11 is 0. The summed E-state index contributed by atoms with van der Waals surface area (Å²) in [5, 5.41) is 10.6. The van der Waals surface area contributed by atoms with E-state index in [4.69, 9.17) is 0 Å². The maximum Gasteiger partial charge on any atom is 0.419 e. The first kappa shape index (κ1) is 29.0. The van der Waals surface area contributed by atoms with Crippen molar-refractivity contribution in [3.05, 3.63) is 76.6 Å². The van der Waals surface area contributed by atoms with E-state index >= 15 is 0 Å². The first-order valence-corrected chi connectivity index (χ1v) is 14.6. The third-order valence-corrected chi connectivity index (χ3v) is 9.93. The molecule has 0 spiro atoms. The van der Waals surface area contributed by atoms with Crippen LogP contribution in [0.3, 0.4) is 0 Å². The maximum atomic E-state index is 14.5. The molecule has 1 heterocycles. The second-order valence-electron chi connectivity index (χ2n) is 10.0. The second-order valence-corrected chi connectivity index (χ2v) is 13.5. The molecule has 1 aliphatic carbocycles. The Morgan fingerprint density at radius 2 is 1.62 bits per heavy atom. The summed E-state index contributed by atoms with van der Waals surface area (Å²) in [6.45, 7) is 4.85. The van der Waals surface area contributed by atoms with Gasteiger partial charge in [0.15, 0.2) is 0 Å². The fraction of sp³-hybridized carbons (Fsp3) is 0.360. The fourth-order valence-corrected chi connectivity index (χ4v) is 7.42. The van der Waals surface area contributed by atoms with Gasteiger partial charge in [-0.25, -0.2) is 29.6 Å². The van der Waals surface area contributed by atoms with E-state index in [1.165, 1.54) is 12.1 Å². The topological polar surface area (TPSA) is 105 Å². The van der Waals surface area contributed by atoms with Crippen LogP contribution in [-0.4, -0.2) is 31.5 Å². The number of nitrogens with one attached hydrogen (secondary N) is 1. The number of aliphatic hydroxyl groups is 1. The average Bonchev–Trinajstić information content (AvgIpc) is 3.21. The van der Waals surface area contributed by atoms with Crippen molar-refractivity contribution in [2.45, 2.75) is 61.6 Å². The number of hydrogen-bond acceptors (Lipinski definition) is 5. The highest BCUT2D eigenvalue weighted by Crippen LogP contribution is 2.39. The number of aryl methyl sites for hydroxylation is 1. The molecule has 2 aromatic carbocycles. The monoisotopic (exact) mass is 592 g/mol. The number of sulfonamides is 1. The van der Waals surface area contributed by atoms with Crippen LogP contribution in [0, 0.1) is 24.5 Å². The molecule has 0 saturated heterocycles. The van der Waals surface area contributed by atoms with Gasteiger partial charge in [-0.3, -0.25) is 4.72 Å². The Morgan fingerprint density at radius 1 is 1.00 bits per heavy atom. The Morgan fingerprint density at radius 3 is 2.18 bits per heavy atom. The minimum Gasteiger partial charge on any atom is -0.390 e. The number of fused-ring (bicyclic) bond motifs is 1. The molecule has 0 saturated carbocycles. The number of anilines is 1. The van der Waals surface area contributed by atoms with Gasteiger partial charge in [0, 0.05) is 18.0 Å². The summed E-state index contributed by atoms with van der Waals surface area (Å²) < 4.78 is 124. The van der Waals surface area contributed by atoms with E-state index in [1.807, 2.05) is 0 Å². The fourth-order valence-electron chi connectivity index (χ4n) is 4.59. The van der Waals surface area contributed by atoms with Crippen molar-refractivity contribution in [1.82, 2.24) is 3.97 Å². The van der Waals surface area contributed by atoms with Gasteiger partial charge in [-0.15, -0.1) is 0 Å². The lowest BCUT2D eigenvalue weighted by Crippen LogP contribution is -2.36. The number of aromatic nitrogens is 1. The Hall–Kier alpha value is -2.97. The van der Waals surface area contributed by atoms with E-state index in [2.05, 4.69) is 0 Å². The normalized spacial score (nSPS) is 16.7. The first-order valence-electron chi connectivity index (χ1n) is 11.7. The van der Waals surface area contributed by atoms with Gasteiger partial charge in [-0.2, -0.15) is 13.2 Å². The van der Waals surface area contributed by atoms with Crippen LogP contribution >= 0.6 is 0 Å². The highest BCUT2D eigenvalue weighted by molar-refractivity contribution is 7.93. The van der Waals surface area contributed by atoms with Gasteiger partial charge in [0.1, 0.15) is 16.5 Å². The zero-order valence-electron chi connectivity index (χ0n) is 21.0. The van der Waals surface area contributed by atoms with E-state index in [-0.39, 0.29) is 47.5 Å². The number of rotatable bonds is 6. The van der Waals surface area contributed by atoms with Crippen LogP contribution < -0.4 is 4.72 Å². The smallest absolute Gasteiger partial charge is 0.390 e. The molecule has 0 aliphatic heterocycles. The third kappa shape index (κ3) is 5.54. The van der Waals surface area contributed by atoms with Crippen molar-refractivity contribution in [3.8, 4) is 0 Å². The molecule has 7 nitrogen and oxygen atoms in total. The van der Waals surface area contributed by atoms with Crippen LogP contribution in [0.25, 0.3) is 0 Å². The number of benzene rings is 2. The van der Waals surface area contributed by atoms with Crippen molar-refractivity contribution in [2.75, 3.05) is 4.72 Å². The minimum absolute atomic E-state index is 0.0112. The van der Waals surface area contributed by atoms with Crippen molar-refractivity contribution in [1.29, 1.82) is 0 Å². The number of halogens is 5. The highest BCUT2D eigenvalue weighted by Gasteiger charge is 2.39. The highest BCUT2D eigenvalue weighted by atomic mass is 32.2. The van der Waals surface area contributed by atoms with E-state index in [0.29, 0.717) is 0 Å². The van der Waals surface area contributed by atoms with Gasteiger partial charge in [-0.1, -0.05) is 17.7 Å². The molecular weight excluding hydrogens is 567 g/mol. The Bertz CT molecular complexity index is 1640. The van der Waals surface area contributed by atoms with Gasteiger partial charge in [0.2, 0.25) is 0 Å². The van der Waals surface area contributed by atoms with Gasteiger partial charge >= 0.3 is 6.18 Å². The first-order chi connectivity index (χ1) is 17.8. The van der Waals surface area contributed by atoms with Crippen molar-refractivity contribution in [3.63, 3.8) is 0 Å². The standard InChI is InChI=1S/C25H25F5N2O5S2/c1-14-4-7-16(8-5-14)39(36,37)32-13-23(17-9-6-15(10-22(17)32)24(2,3)33)38(34,35)31-21-12-19(26)18(11-20(21)27)25(28,29)30/h4-5,7-8,11-13,15,31,33H,6,9-10H2,1-3H3. The van der Waals surface area contributed by atoms with Crippen LogP contribution in [0.1, 0.15) is 42.7 Å². The molecular formula is C25H25F5N2O5S2. The molecule has 4 rings (SSSR count). The zero-order valence-corrected chi connectivity index (χ0v) is 22.6. The van der Waals surface area contributed by atoms with Gasteiger partial charge in [0.25, 0.3) is 20.0 Å². The molecule has 0 fully saturated rings. The third-order valence-electron chi connectivity index (χ3n) is 6.80. The number of nitrogens with zero attached hydrogens (tertiary/aromatic N) is 1. The molecule has 39 heavy (non-hydrogen) atoms. The Kier molecular flexibility index (Phi) is 7.14. The maximum absolute atomic E-state index is 14.5. The van der Waals surface area contributed by atoms with E-state index in [1.54, 1.807) is 37.6 Å². The predicted octanol–water partition coefficient (Wildman–Crippen LogP) is 5.01. The lowest BCUT2D eigenvalue weighted by Gasteiger charge is -2.33. The molecule has 0 amide bonds. The lowest BCUT2D eigenvalue weighted by atomic mass is 9.78. The zero-order chi connectivity index (χ0) is 29.1. The SMILES string of the molecule is Cc1ccc(S(=O)(=O)n2cc(S(=O)(=O)Nc3cc(F)c(C(F)(F)F)cc3F)c3c2CC(C(C)(C)O)CC3)cc1. The van der Waals surface area contributed by atoms with E-state index in [0.717, 1.165) is 15.7 Å². The number of hydrogen-bond donors (Lipinski definition) is 2. The van der Waals surface area contributed by atoms with Crippen molar-refractivity contribution < 1.29 is 43.9 Å². The molecule has 3 aromatic rings. The molecule has 14 heteroatoms. The summed E-state index contributed by atoms with van der Waals surface area (Å²) in [7, 11) is -9.14. The molecule has 0 bridgehead atoms. The summed E-state index contributed by atoms with van der Waals surface area (Å²) in [6, 6.07) is 5.73. The average molecular weight is 593 g/mol. The quantitative estimate of drug-likeness (QED) is 0.392. The Labute approximate surface area is 222 Å². The van der Waals surface area contributed by atoms with E-state index < -0.39 is 65.5 Å². The predicted molar refractivity (Wildman–Crippen MR) is 132 cm³/mol. The molecule has 1 unspecified atom stereocenters. The molecule has 1 aromatic heterocycles. The van der Waals surface area contributed by atoms with Crippen LogP contribution in [0.15, 0.2) is 52.4 Å². The van der Waals surface area contributed by atoms with Crippen molar-refractivity contribution in [2.24, 2.45) is 5.92 Å². The van der Waals surface area contributed by atoms with Crippen LogP contribution in [0.4, 0.5) is 27.6 Å². The largest absolute Gasteiger partial charge is 0.419 e. The molecule has 1 aliphatic rings. The Balaban J connectivity index is 1.85. The number of alkyl halides is 3. The van der Waals surface area contributed by atoms with Crippen LogP contribution in [-0.2, 0) is 39.1 Å². The molecule has 2 N–H and O–H groups in total.